The van der Waals surface area contributed by atoms with Crippen molar-refractivity contribution in [3.05, 3.63) is 0 Å². The first kappa shape index (κ1) is 9.39. The summed E-state index contributed by atoms with van der Waals surface area (Å²) in [5, 5.41) is 17.0. The summed E-state index contributed by atoms with van der Waals surface area (Å²) in [7, 11) is 0. The summed E-state index contributed by atoms with van der Waals surface area (Å²) in [6.07, 6.45) is -0.659. The van der Waals surface area contributed by atoms with Crippen molar-refractivity contribution >= 4 is 5.97 Å². The predicted molar refractivity (Wildman–Crippen MR) is 34.3 cm³/mol. The van der Waals surface area contributed by atoms with Crippen LogP contribution in [0.2, 0.25) is 0 Å². The molecule has 2 N–H and O–H groups in total. The van der Waals surface area contributed by atoms with E-state index in [0.717, 1.165) is 0 Å². The lowest BCUT2D eigenvalue weighted by molar-refractivity contribution is -0.146. The molecule has 0 aliphatic carbocycles. The van der Waals surface area contributed by atoms with Gasteiger partial charge in [-0.05, 0) is 0 Å². The SMILES string of the molecule is CCC(=O)OC[C@@H](O)CO. The summed E-state index contributed by atoms with van der Waals surface area (Å²) in [5.41, 5.74) is 0. The van der Waals surface area contributed by atoms with Gasteiger partial charge < -0.3 is 14.9 Å². The molecule has 4 nitrogen and oxygen atoms in total. The number of hydrogen-bond donors (Lipinski definition) is 2. The van der Waals surface area contributed by atoms with Crippen molar-refractivity contribution in [2.75, 3.05) is 13.2 Å². The Bertz CT molecular complexity index is 102. The molecule has 60 valence electrons. The van der Waals surface area contributed by atoms with Crippen molar-refractivity contribution < 1.29 is 19.7 Å². The van der Waals surface area contributed by atoms with Crippen LogP contribution in [-0.4, -0.2) is 35.5 Å². The molecule has 0 radical (unpaired) electrons. The monoisotopic (exact) mass is 148 g/mol. The molecule has 0 unspecified atom stereocenters. The molecular formula is C6H12O4. The zero-order valence-corrected chi connectivity index (χ0v) is 5.91. The summed E-state index contributed by atoms with van der Waals surface area (Å²) in [6, 6.07) is 0. The molecule has 4 heteroatoms. The van der Waals surface area contributed by atoms with Gasteiger partial charge in [0.15, 0.2) is 0 Å². The molecular weight excluding hydrogens is 136 g/mol. The highest BCUT2D eigenvalue weighted by molar-refractivity contribution is 5.68. The fraction of sp³-hybridized carbons (Fsp3) is 0.833. The van der Waals surface area contributed by atoms with Crippen molar-refractivity contribution in [1.29, 1.82) is 0 Å². The molecule has 0 saturated heterocycles. The Kier molecular flexibility index (Phi) is 4.88. The van der Waals surface area contributed by atoms with Gasteiger partial charge in [-0.25, -0.2) is 0 Å². The van der Waals surface area contributed by atoms with Gasteiger partial charge in [-0.2, -0.15) is 0 Å². The van der Waals surface area contributed by atoms with Gasteiger partial charge in [0.1, 0.15) is 12.7 Å². The van der Waals surface area contributed by atoms with Crippen LogP contribution in [0.5, 0.6) is 0 Å². The molecule has 0 heterocycles. The normalized spacial score (nSPS) is 12.7. The molecule has 0 spiro atoms. The minimum Gasteiger partial charge on any atom is -0.463 e. The highest BCUT2D eigenvalue weighted by atomic mass is 16.5. The number of rotatable bonds is 4. The predicted octanol–water partition coefficient (Wildman–Crippen LogP) is -0.707. The van der Waals surface area contributed by atoms with Crippen molar-refractivity contribution in [2.24, 2.45) is 0 Å². The summed E-state index contributed by atoms with van der Waals surface area (Å²) in [5.74, 6) is -0.368. The van der Waals surface area contributed by atoms with Crippen LogP contribution < -0.4 is 0 Å². The third kappa shape index (κ3) is 4.29. The smallest absolute Gasteiger partial charge is 0.305 e. The first-order valence-electron chi connectivity index (χ1n) is 3.15. The van der Waals surface area contributed by atoms with Crippen LogP contribution in [0.4, 0.5) is 0 Å². The van der Waals surface area contributed by atoms with Crippen LogP contribution in [0.15, 0.2) is 0 Å². The molecule has 0 rings (SSSR count). The second-order valence-corrected chi connectivity index (χ2v) is 1.87. The minimum atomic E-state index is -0.949. The zero-order chi connectivity index (χ0) is 7.98. The topological polar surface area (TPSA) is 66.8 Å². The van der Waals surface area contributed by atoms with Gasteiger partial charge in [-0.15, -0.1) is 0 Å². The number of carbonyl (C=O) groups is 1. The Morgan fingerprint density at radius 1 is 1.70 bits per heavy atom. The van der Waals surface area contributed by atoms with Gasteiger partial charge in [0.05, 0.1) is 6.61 Å². The van der Waals surface area contributed by atoms with Crippen LogP contribution in [0, 0.1) is 0 Å². The van der Waals surface area contributed by atoms with E-state index in [4.69, 9.17) is 10.2 Å². The molecule has 0 aromatic carbocycles. The fourth-order valence-electron chi connectivity index (χ4n) is 0.344. The highest BCUT2D eigenvalue weighted by Gasteiger charge is 2.04. The Balaban J connectivity index is 3.26. The number of carbonyl (C=O) groups excluding carboxylic acids is 1. The number of esters is 1. The maximum Gasteiger partial charge on any atom is 0.305 e. The van der Waals surface area contributed by atoms with E-state index in [1.54, 1.807) is 6.92 Å². The fourth-order valence-corrected chi connectivity index (χ4v) is 0.344. The first-order valence-corrected chi connectivity index (χ1v) is 3.15. The highest BCUT2D eigenvalue weighted by Crippen LogP contribution is 1.87. The first-order chi connectivity index (χ1) is 4.70. The van der Waals surface area contributed by atoms with E-state index in [9.17, 15) is 4.79 Å². The van der Waals surface area contributed by atoms with E-state index in [2.05, 4.69) is 4.74 Å². The molecule has 0 aliphatic heterocycles. The van der Waals surface area contributed by atoms with Crippen LogP contribution >= 0.6 is 0 Å². The van der Waals surface area contributed by atoms with Gasteiger partial charge in [0, 0.05) is 6.42 Å². The van der Waals surface area contributed by atoms with Gasteiger partial charge in [0.2, 0.25) is 0 Å². The summed E-state index contributed by atoms with van der Waals surface area (Å²) < 4.78 is 4.49. The summed E-state index contributed by atoms with van der Waals surface area (Å²) in [6.45, 7) is 1.16. The van der Waals surface area contributed by atoms with E-state index < -0.39 is 6.10 Å². The number of ether oxygens (including phenoxy) is 1. The number of aliphatic hydroxyl groups is 2. The minimum absolute atomic E-state index is 0.122. The van der Waals surface area contributed by atoms with E-state index in [1.165, 1.54) is 0 Å². The molecule has 1 atom stereocenters. The molecule has 0 saturated carbocycles. The molecule has 0 aliphatic rings. The lowest BCUT2D eigenvalue weighted by Crippen LogP contribution is -2.21. The Labute approximate surface area is 59.4 Å². The van der Waals surface area contributed by atoms with E-state index in [0.29, 0.717) is 0 Å². The maximum absolute atomic E-state index is 10.4. The van der Waals surface area contributed by atoms with E-state index in [-0.39, 0.29) is 25.6 Å². The van der Waals surface area contributed by atoms with E-state index >= 15 is 0 Å². The largest absolute Gasteiger partial charge is 0.463 e. The average molecular weight is 148 g/mol. The van der Waals surface area contributed by atoms with Gasteiger partial charge in [-0.1, -0.05) is 6.92 Å². The second-order valence-electron chi connectivity index (χ2n) is 1.87. The molecule has 10 heavy (non-hydrogen) atoms. The third-order valence-corrected chi connectivity index (χ3v) is 0.936. The average Bonchev–Trinajstić information content (AvgIpc) is 1.99. The van der Waals surface area contributed by atoms with Crippen molar-refractivity contribution in [3.63, 3.8) is 0 Å². The Morgan fingerprint density at radius 3 is 2.70 bits per heavy atom. The van der Waals surface area contributed by atoms with Gasteiger partial charge >= 0.3 is 5.97 Å². The molecule has 0 aromatic heterocycles. The molecule has 0 fully saturated rings. The van der Waals surface area contributed by atoms with E-state index in [1.807, 2.05) is 0 Å². The zero-order valence-electron chi connectivity index (χ0n) is 5.91. The maximum atomic E-state index is 10.4. The van der Waals surface area contributed by atoms with Crippen LogP contribution in [-0.2, 0) is 9.53 Å². The number of hydrogen-bond acceptors (Lipinski definition) is 4. The summed E-state index contributed by atoms with van der Waals surface area (Å²) >= 11 is 0. The molecule has 0 amide bonds. The molecule has 0 aromatic rings. The lowest BCUT2D eigenvalue weighted by Gasteiger charge is -2.06. The standard InChI is InChI=1S/C6H12O4/c1-2-6(9)10-4-5(8)3-7/h5,7-8H,2-4H2,1H3/t5-/m0/s1. The Hall–Kier alpha value is -0.610. The van der Waals surface area contributed by atoms with Crippen molar-refractivity contribution in [1.82, 2.24) is 0 Å². The van der Waals surface area contributed by atoms with Gasteiger partial charge in [-0.3, -0.25) is 4.79 Å². The lowest BCUT2D eigenvalue weighted by atomic mass is 10.4. The van der Waals surface area contributed by atoms with Crippen LogP contribution in [0.25, 0.3) is 0 Å². The Morgan fingerprint density at radius 2 is 2.30 bits per heavy atom. The number of aliphatic hydroxyl groups excluding tert-OH is 2. The second kappa shape index (κ2) is 5.20. The van der Waals surface area contributed by atoms with Crippen molar-refractivity contribution in [2.45, 2.75) is 19.4 Å². The quantitative estimate of drug-likeness (QED) is 0.517. The van der Waals surface area contributed by atoms with Gasteiger partial charge in [0.25, 0.3) is 0 Å². The molecule has 0 bridgehead atoms. The summed E-state index contributed by atoms with van der Waals surface area (Å²) in [4.78, 5) is 10.4. The van der Waals surface area contributed by atoms with Crippen LogP contribution in [0.3, 0.4) is 0 Å². The van der Waals surface area contributed by atoms with Crippen molar-refractivity contribution in [3.8, 4) is 0 Å². The van der Waals surface area contributed by atoms with Crippen LogP contribution in [0.1, 0.15) is 13.3 Å². The third-order valence-electron chi connectivity index (χ3n) is 0.936.